The van der Waals surface area contributed by atoms with Gasteiger partial charge in [-0.25, -0.2) is 4.39 Å². The van der Waals surface area contributed by atoms with E-state index in [-0.39, 0.29) is 11.6 Å². The first kappa shape index (κ1) is 14.2. The first-order valence-electron chi connectivity index (χ1n) is 6.55. The number of nitrogens with zero attached hydrogens (tertiary/aromatic N) is 2. The number of anilines is 1. The van der Waals surface area contributed by atoms with Crippen LogP contribution < -0.4 is 5.32 Å². The Kier molecular flexibility index (Phi) is 3.88. The predicted octanol–water partition coefficient (Wildman–Crippen LogP) is 3.22. The monoisotopic (exact) mass is 275 g/mol. The van der Waals surface area contributed by atoms with Gasteiger partial charge in [-0.05, 0) is 45.4 Å². The molecule has 4 nitrogen and oxygen atoms in total. The Morgan fingerprint density at radius 3 is 2.65 bits per heavy atom. The third-order valence-corrected chi connectivity index (χ3v) is 3.28. The summed E-state index contributed by atoms with van der Waals surface area (Å²) >= 11 is 0. The van der Waals surface area contributed by atoms with E-state index in [1.807, 2.05) is 20.8 Å². The zero-order valence-corrected chi connectivity index (χ0v) is 12.1. The summed E-state index contributed by atoms with van der Waals surface area (Å²) in [6.45, 7) is 8.12. The van der Waals surface area contributed by atoms with E-state index < -0.39 is 5.82 Å². The van der Waals surface area contributed by atoms with Crippen LogP contribution in [0.25, 0.3) is 0 Å². The van der Waals surface area contributed by atoms with Crippen LogP contribution in [0.5, 0.6) is 0 Å². The summed E-state index contributed by atoms with van der Waals surface area (Å²) in [5.74, 6) is -0.772. The van der Waals surface area contributed by atoms with E-state index in [0.29, 0.717) is 17.8 Å². The number of benzene rings is 1. The largest absolute Gasteiger partial charge is 0.319 e. The number of halogens is 1. The zero-order valence-electron chi connectivity index (χ0n) is 12.1. The highest BCUT2D eigenvalue weighted by Crippen LogP contribution is 2.19. The van der Waals surface area contributed by atoms with Crippen molar-refractivity contribution in [1.29, 1.82) is 0 Å². The molecule has 1 amide bonds. The van der Waals surface area contributed by atoms with Crippen molar-refractivity contribution in [2.45, 2.75) is 34.2 Å². The van der Waals surface area contributed by atoms with Gasteiger partial charge >= 0.3 is 0 Å². The molecule has 20 heavy (non-hydrogen) atoms. The van der Waals surface area contributed by atoms with Gasteiger partial charge in [0.25, 0.3) is 5.91 Å². The minimum atomic E-state index is -0.442. The molecule has 2 rings (SSSR count). The molecule has 0 aliphatic heterocycles. The van der Waals surface area contributed by atoms with E-state index in [1.54, 1.807) is 23.7 Å². The number of hydrogen-bond acceptors (Lipinski definition) is 2. The van der Waals surface area contributed by atoms with Crippen molar-refractivity contribution in [2.24, 2.45) is 0 Å². The lowest BCUT2D eigenvalue weighted by Gasteiger charge is -2.08. The molecule has 1 aromatic carbocycles. The number of carbonyl (C=O) groups excluding carboxylic acids is 1. The van der Waals surface area contributed by atoms with Crippen molar-refractivity contribution in [3.63, 3.8) is 0 Å². The minimum Gasteiger partial charge on any atom is -0.319 e. The van der Waals surface area contributed by atoms with E-state index in [4.69, 9.17) is 0 Å². The SMILES string of the molecule is CCn1nc(C)c(C(=O)Nc2cc(C)ccc2F)c1C. The van der Waals surface area contributed by atoms with Gasteiger partial charge in [-0.1, -0.05) is 6.07 Å². The van der Waals surface area contributed by atoms with E-state index in [0.717, 1.165) is 11.3 Å². The second-order valence-corrected chi connectivity index (χ2v) is 4.80. The van der Waals surface area contributed by atoms with Gasteiger partial charge in [0.15, 0.2) is 0 Å². The molecule has 2 aromatic rings. The van der Waals surface area contributed by atoms with Crippen LogP contribution in [0.3, 0.4) is 0 Å². The van der Waals surface area contributed by atoms with Gasteiger partial charge in [-0.3, -0.25) is 9.48 Å². The Balaban J connectivity index is 2.33. The third kappa shape index (κ3) is 2.57. The molecule has 0 unspecified atom stereocenters. The van der Waals surface area contributed by atoms with Crippen LogP contribution in [-0.4, -0.2) is 15.7 Å². The molecule has 0 bridgehead atoms. The molecule has 0 spiro atoms. The second-order valence-electron chi connectivity index (χ2n) is 4.80. The fourth-order valence-corrected chi connectivity index (χ4v) is 2.25. The average Bonchev–Trinajstić information content (AvgIpc) is 2.68. The first-order chi connectivity index (χ1) is 9.43. The van der Waals surface area contributed by atoms with E-state index in [9.17, 15) is 9.18 Å². The molecule has 106 valence electrons. The fourth-order valence-electron chi connectivity index (χ4n) is 2.25. The fraction of sp³-hybridized carbons (Fsp3) is 0.333. The lowest BCUT2D eigenvalue weighted by Crippen LogP contribution is -2.15. The van der Waals surface area contributed by atoms with Gasteiger partial charge in [0.1, 0.15) is 5.82 Å². The molecule has 0 saturated carbocycles. The summed E-state index contributed by atoms with van der Waals surface area (Å²) in [6, 6.07) is 4.62. The summed E-state index contributed by atoms with van der Waals surface area (Å²) in [5, 5.41) is 6.91. The quantitative estimate of drug-likeness (QED) is 0.935. The van der Waals surface area contributed by atoms with Gasteiger partial charge < -0.3 is 5.32 Å². The van der Waals surface area contributed by atoms with Gasteiger partial charge in [0.05, 0.1) is 16.9 Å². The number of aryl methyl sites for hydroxylation is 3. The van der Waals surface area contributed by atoms with Crippen molar-refractivity contribution in [1.82, 2.24) is 9.78 Å². The topological polar surface area (TPSA) is 46.9 Å². The Hall–Kier alpha value is -2.17. The summed E-state index contributed by atoms with van der Waals surface area (Å²) in [4.78, 5) is 12.3. The Morgan fingerprint density at radius 1 is 1.35 bits per heavy atom. The Morgan fingerprint density at radius 2 is 2.05 bits per heavy atom. The summed E-state index contributed by atoms with van der Waals surface area (Å²) in [6.07, 6.45) is 0. The van der Waals surface area contributed by atoms with Crippen molar-refractivity contribution >= 4 is 11.6 Å². The lowest BCUT2D eigenvalue weighted by atomic mass is 10.1. The third-order valence-electron chi connectivity index (χ3n) is 3.28. The number of hydrogen-bond donors (Lipinski definition) is 1. The standard InChI is InChI=1S/C15H18FN3O/c1-5-19-11(4)14(10(3)18-19)15(20)17-13-8-9(2)6-7-12(13)16/h6-8H,5H2,1-4H3,(H,17,20). The normalized spacial score (nSPS) is 10.7. The molecule has 1 aromatic heterocycles. The molecular weight excluding hydrogens is 257 g/mol. The number of aromatic nitrogens is 2. The summed E-state index contributed by atoms with van der Waals surface area (Å²) in [5.41, 5.74) is 3.02. The average molecular weight is 275 g/mol. The number of carbonyl (C=O) groups is 1. The van der Waals surface area contributed by atoms with Gasteiger partial charge in [0, 0.05) is 12.2 Å². The van der Waals surface area contributed by atoms with Crippen molar-refractivity contribution in [3.05, 3.63) is 46.5 Å². The second kappa shape index (κ2) is 5.45. The molecule has 0 radical (unpaired) electrons. The molecule has 0 aliphatic rings. The highest BCUT2D eigenvalue weighted by Gasteiger charge is 2.19. The highest BCUT2D eigenvalue weighted by molar-refractivity contribution is 6.05. The van der Waals surface area contributed by atoms with Crippen LogP contribution in [0.1, 0.15) is 34.2 Å². The van der Waals surface area contributed by atoms with Crippen LogP contribution in [-0.2, 0) is 6.54 Å². The highest BCUT2D eigenvalue weighted by atomic mass is 19.1. The Labute approximate surface area is 117 Å². The van der Waals surface area contributed by atoms with E-state index >= 15 is 0 Å². The molecule has 0 fully saturated rings. The molecule has 1 N–H and O–H groups in total. The van der Waals surface area contributed by atoms with Crippen LogP contribution in [0.15, 0.2) is 18.2 Å². The lowest BCUT2D eigenvalue weighted by molar-refractivity contribution is 0.102. The van der Waals surface area contributed by atoms with E-state index in [1.165, 1.54) is 6.07 Å². The van der Waals surface area contributed by atoms with Crippen LogP contribution in [0.4, 0.5) is 10.1 Å². The molecule has 0 aliphatic carbocycles. The predicted molar refractivity (Wildman–Crippen MR) is 76.5 cm³/mol. The maximum absolute atomic E-state index is 13.7. The van der Waals surface area contributed by atoms with Gasteiger partial charge in [-0.2, -0.15) is 5.10 Å². The summed E-state index contributed by atoms with van der Waals surface area (Å²) < 4.78 is 15.4. The van der Waals surface area contributed by atoms with Crippen molar-refractivity contribution < 1.29 is 9.18 Å². The molecule has 0 atom stereocenters. The van der Waals surface area contributed by atoms with Crippen LogP contribution in [0.2, 0.25) is 0 Å². The van der Waals surface area contributed by atoms with Crippen molar-refractivity contribution in [3.8, 4) is 0 Å². The summed E-state index contributed by atoms with van der Waals surface area (Å²) in [7, 11) is 0. The van der Waals surface area contributed by atoms with Gasteiger partial charge in [-0.15, -0.1) is 0 Å². The maximum Gasteiger partial charge on any atom is 0.259 e. The number of nitrogens with one attached hydrogen (secondary N) is 1. The smallest absolute Gasteiger partial charge is 0.259 e. The van der Waals surface area contributed by atoms with E-state index in [2.05, 4.69) is 10.4 Å². The number of rotatable bonds is 3. The molecule has 0 saturated heterocycles. The maximum atomic E-state index is 13.7. The van der Waals surface area contributed by atoms with Crippen LogP contribution >= 0.6 is 0 Å². The van der Waals surface area contributed by atoms with Crippen molar-refractivity contribution in [2.75, 3.05) is 5.32 Å². The molecule has 1 heterocycles. The molecular formula is C15H18FN3O. The first-order valence-corrected chi connectivity index (χ1v) is 6.55. The minimum absolute atomic E-state index is 0.193. The Bertz CT molecular complexity index is 661. The van der Waals surface area contributed by atoms with Crippen LogP contribution in [0, 0.1) is 26.6 Å². The zero-order chi connectivity index (χ0) is 14.9. The number of amides is 1. The molecule has 5 heteroatoms. The van der Waals surface area contributed by atoms with Gasteiger partial charge in [0.2, 0.25) is 0 Å².